The fourth-order valence-corrected chi connectivity index (χ4v) is 5.10. The first kappa shape index (κ1) is 19.9. The van der Waals surface area contributed by atoms with E-state index in [0.717, 1.165) is 12.8 Å². The molecule has 0 aliphatic carbocycles. The Morgan fingerprint density at radius 3 is 2.46 bits per heavy atom. The molecule has 1 N–H and O–H groups in total. The molecular weight excluding hydrogens is 423 g/mol. The van der Waals surface area contributed by atoms with Gasteiger partial charge in [0, 0.05) is 23.1 Å². The number of halogens is 3. The van der Waals surface area contributed by atoms with Crippen molar-refractivity contribution in [2.45, 2.75) is 50.4 Å². The van der Waals surface area contributed by atoms with Crippen LogP contribution in [0.4, 0.5) is 0 Å². The van der Waals surface area contributed by atoms with Crippen molar-refractivity contribution in [2.75, 3.05) is 7.05 Å². The molecule has 2 aliphatic heterocycles. The minimum atomic E-state index is -0.192. The number of piperidine rings is 1. The molecular formula is C20H21Cl3N2O3. The number of carbonyl (C=O) groups is 1. The lowest BCUT2D eigenvalue weighted by atomic mass is 9.98. The van der Waals surface area contributed by atoms with Crippen LogP contribution in [-0.2, 0) is 6.61 Å². The minimum Gasteiger partial charge on any atom is -0.483 e. The van der Waals surface area contributed by atoms with Crippen LogP contribution in [0, 0.1) is 0 Å². The lowest BCUT2D eigenvalue weighted by molar-refractivity contribution is 0.0851. The number of fused-ring (bicyclic) bond motifs is 2. The van der Waals surface area contributed by atoms with E-state index >= 15 is 0 Å². The second-order valence-electron chi connectivity index (χ2n) is 7.45. The van der Waals surface area contributed by atoms with E-state index in [4.69, 9.17) is 44.0 Å². The normalized spacial score (nSPS) is 24.4. The molecule has 2 atom stereocenters. The Morgan fingerprint density at radius 2 is 1.82 bits per heavy atom. The van der Waals surface area contributed by atoms with Gasteiger partial charge in [0.05, 0.1) is 10.0 Å². The summed E-state index contributed by atoms with van der Waals surface area (Å²) in [6.07, 6.45) is 4.41. The van der Waals surface area contributed by atoms with Gasteiger partial charge in [0.25, 0.3) is 5.91 Å². The summed E-state index contributed by atoms with van der Waals surface area (Å²) in [6, 6.07) is 7.81. The standard InChI is InChI=1S/C20H21Cl3N2O3/c1-25-13-2-3-14(25)9-12(8-13)24-20(26)18-5-4-15(28-18)10-27-19-16(22)6-11(21)7-17(19)23/h4-7,12-14H,2-3,8-10H2,1H3,(H,24,26). The van der Waals surface area contributed by atoms with E-state index in [2.05, 4.69) is 17.3 Å². The monoisotopic (exact) mass is 442 g/mol. The van der Waals surface area contributed by atoms with E-state index in [1.54, 1.807) is 24.3 Å². The van der Waals surface area contributed by atoms with Crippen LogP contribution in [-0.4, -0.2) is 36.0 Å². The highest BCUT2D eigenvalue weighted by Crippen LogP contribution is 2.36. The number of amides is 1. The predicted octanol–water partition coefficient (Wildman–Crippen LogP) is 5.17. The van der Waals surface area contributed by atoms with Gasteiger partial charge in [-0.1, -0.05) is 34.8 Å². The van der Waals surface area contributed by atoms with Gasteiger partial charge in [0.2, 0.25) is 0 Å². The highest BCUT2D eigenvalue weighted by Gasteiger charge is 2.39. The molecule has 5 nitrogen and oxygen atoms in total. The van der Waals surface area contributed by atoms with Gasteiger partial charge < -0.3 is 19.4 Å². The molecule has 1 amide bonds. The number of hydrogen-bond donors (Lipinski definition) is 1. The molecule has 2 aliphatic rings. The summed E-state index contributed by atoms with van der Waals surface area (Å²) in [5, 5.41) is 4.18. The van der Waals surface area contributed by atoms with Crippen LogP contribution in [0.5, 0.6) is 5.75 Å². The van der Waals surface area contributed by atoms with Crippen molar-refractivity contribution in [3.63, 3.8) is 0 Å². The van der Waals surface area contributed by atoms with Crippen LogP contribution < -0.4 is 10.1 Å². The topological polar surface area (TPSA) is 54.7 Å². The third-order valence-corrected chi connectivity index (χ3v) is 6.42. The van der Waals surface area contributed by atoms with Crippen molar-refractivity contribution < 1.29 is 13.9 Å². The highest BCUT2D eigenvalue weighted by atomic mass is 35.5. The summed E-state index contributed by atoms with van der Waals surface area (Å²) in [5.41, 5.74) is 0. The Morgan fingerprint density at radius 1 is 1.18 bits per heavy atom. The van der Waals surface area contributed by atoms with Gasteiger partial charge in [-0.3, -0.25) is 4.79 Å². The van der Waals surface area contributed by atoms with E-state index in [9.17, 15) is 4.79 Å². The van der Waals surface area contributed by atoms with Crippen LogP contribution in [0.2, 0.25) is 15.1 Å². The summed E-state index contributed by atoms with van der Waals surface area (Å²) in [4.78, 5) is 15.0. The zero-order valence-corrected chi connectivity index (χ0v) is 17.7. The van der Waals surface area contributed by atoms with Crippen LogP contribution >= 0.6 is 34.8 Å². The summed E-state index contributed by atoms with van der Waals surface area (Å²) < 4.78 is 11.3. The molecule has 2 bridgehead atoms. The van der Waals surface area contributed by atoms with Gasteiger partial charge in [-0.05, 0) is 57.0 Å². The summed E-state index contributed by atoms with van der Waals surface area (Å²) in [7, 11) is 2.18. The second-order valence-corrected chi connectivity index (χ2v) is 8.70. The van der Waals surface area contributed by atoms with Crippen molar-refractivity contribution >= 4 is 40.7 Å². The number of nitrogens with one attached hydrogen (secondary N) is 1. The quantitative estimate of drug-likeness (QED) is 0.692. The molecule has 150 valence electrons. The van der Waals surface area contributed by atoms with Crippen molar-refractivity contribution in [3.8, 4) is 5.75 Å². The molecule has 4 rings (SSSR count). The maximum atomic E-state index is 12.5. The lowest BCUT2D eigenvalue weighted by Gasteiger charge is -2.36. The Kier molecular flexibility index (Phi) is 5.79. The molecule has 28 heavy (non-hydrogen) atoms. The first-order valence-corrected chi connectivity index (χ1v) is 10.4. The van der Waals surface area contributed by atoms with E-state index in [1.807, 2.05) is 0 Å². The van der Waals surface area contributed by atoms with Crippen molar-refractivity contribution in [1.29, 1.82) is 0 Å². The molecule has 1 aromatic heterocycles. The Labute approximate surface area is 178 Å². The van der Waals surface area contributed by atoms with Crippen LogP contribution in [0.1, 0.15) is 42.0 Å². The van der Waals surface area contributed by atoms with Gasteiger partial charge in [-0.2, -0.15) is 0 Å². The van der Waals surface area contributed by atoms with Crippen molar-refractivity contribution in [1.82, 2.24) is 10.2 Å². The fraction of sp³-hybridized carbons (Fsp3) is 0.450. The molecule has 8 heteroatoms. The Balaban J connectivity index is 1.35. The molecule has 2 unspecified atom stereocenters. The molecule has 0 radical (unpaired) electrons. The number of carbonyl (C=O) groups excluding carboxylic acids is 1. The summed E-state index contributed by atoms with van der Waals surface area (Å²) in [5.74, 6) is 0.925. The second kappa shape index (κ2) is 8.15. The molecule has 0 saturated carbocycles. The number of ether oxygens (including phenoxy) is 1. The number of hydrogen-bond acceptors (Lipinski definition) is 4. The number of benzene rings is 1. The first-order valence-electron chi connectivity index (χ1n) is 9.29. The molecule has 1 aromatic carbocycles. The van der Waals surface area contributed by atoms with Gasteiger partial charge >= 0.3 is 0 Å². The van der Waals surface area contributed by atoms with Gasteiger partial charge in [0.1, 0.15) is 12.4 Å². The third kappa shape index (κ3) is 4.13. The Hall–Kier alpha value is -1.40. The fourth-order valence-electron chi connectivity index (χ4n) is 4.17. The highest BCUT2D eigenvalue weighted by molar-refractivity contribution is 6.40. The van der Waals surface area contributed by atoms with Crippen LogP contribution in [0.3, 0.4) is 0 Å². The van der Waals surface area contributed by atoms with Crippen molar-refractivity contribution in [2.24, 2.45) is 0 Å². The molecule has 2 saturated heterocycles. The average molecular weight is 444 g/mol. The lowest BCUT2D eigenvalue weighted by Crippen LogP contribution is -2.48. The smallest absolute Gasteiger partial charge is 0.287 e. The van der Waals surface area contributed by atoms with E-state index in [0.29, 0.717) is 38.7 Å². The SMILES string of the molecule is CN1C2CCC1CC(NC(=O)c1ccc(COc3c(Cl)cc(Cl)cc3Cl)o1)C2. The number of furan rings is 1. The van der Waals surface area contributed by atoms with Crippen LogP contribution in [0.25, 0.3) is 0 Å². The zero-order valence-electron chi connectivity index (χ0n) is 15.4. The van der Waals surface area contributed by atoms with Crippen LogP contribution in [0.15, 0.2) is 28.7 Å². The Bertz CT molecular complexity index is 848. The van der Waals surface area contributed by atoms with Gasteiger partial charge in [-0.25, -0.2) is 0 Å². The van der Waals surface area contributed by atoms with E-state index in [1.165, 1.54) is 12.8 Å². The molecule has 2 aromatic rings. The number of rotatable bonds is 5. The minimum absolute atomic E-state index is 0.104. The molecule has 0 spiro atoms. The van der Waals surface area contributed by atoms with E-state index in [-0.39, 0.29) is 24.3 Å². The van der Waals surface area contributed by atoms with E-state index < -0.39 is 0 Å². The van der Waals surface area contributed by atoms with Gasteiger partial charge in [0.15, 0.2) is 11.5 Å². The first-order chi connectivity index (χ1) is 13.4. The largest absolute Gasteiger partial charge is 0.483 e. The maximum Gasteiger partial charge on any atom is 0.287 e. The summed E-state index contributed by atoms with van der Waals surface area (Å²) >= 11 is 18.1. The average Bonchev–Trinajstić information content (AvgIpc) is 3.16. The van der Waals surface area contributed by atoms with Gasteiger partial charge in [-0.15, -0.1) is 0 Å². The molecule has 2 fully saturated rings. The maximum absolute atomic E-state index is 12.5. The molecule has 3 heterocycles. The third-order valence-electron chi connectivity index (χ3n) is 5.64. The summed E-state index contributed by atoms with van der Waals surface area (Å²) in [6.45, 7) is 0.104. The zero-order chi connectivity index (χ0) is 19.8. The van der Waals surface area contributed by atoms with Crippen molar-refractivity contribution in [3.05, 3.63) is 50.9 Å². The predicted molar refractivity (Wildman–Crippen MR) is 110 cm³/mol. The number of nitrogens with zero attached hydrogens (tertiary/aromatic N) is 1.